The summed E-state index contributed by atoms with van der Waals surface area (Å²) in [6.07, 6.45) is 2.01. The number of carbonyl (C=O) groups is 1. The van der Waals surface area contributed by atoms with Crippen LogP contribution >= 0.6 is 22.3 Å². The molecule has 1 unspecified atom stereocenters. The van der Waals surface area contributed by atoms with Crippen LogP contribution in [-0.2, 0) is 9.05 Å². The van der Waals surface area contributed by atoms with Gasteiger partial charge in [0.2, 0.25) is 0 Å². The molecule has 0 spiro atoms. The van der Waals surface area contributed by atoms with E-state index >= 15 is 0 Å². The van der Waals surface area contributed by atoms with Crippen molar-refractivity contribution in [3.05, 3.63) is 28.3 Å². The van der Waals surface area contributed by atoms with E-state index in [0.717, 1.165) is 12.8 Å². The molecule has 1 fully saturated rings. The van der Waals surface area contributed by atoms with Crippen LogP contribution in [-0.4, -0.2) is 32.3 Å². The van der Waals surface area contributed by atoms with Gasteiger partial charge in [-0.3, -0.25) is 4.79 Å². The second-order valence-electron chi connectivity index (χ2n) is 5.36. The quantitative estimate of drug-likeness (QED) is 0.785. The highest BCUT2D eigenvalue weighted by Gasteiger charge is 2.27. The number of hydrogen-bond donors (Lipinski definition) is 0. The summed E-state index contributed by atoms with van der Waals surface area (Å²) in [5, 5.41) is 0.0643. The highest BCUT2D eigenvalue weighted by atomic mass is 35.7. The summed E-state index contributed by atoms with van der Waals surface area (Å²) in [5.74, 6) is 0.339. The van der Waals surface area contributed by atoms with E-state index in [0.29, 0.717) is 30.1 Å². The lowest BCUT2D eigenvalue weighted by Crippen LogP contribution is -2.28. The number of rotatable bonds is 3. The first kappa shape index (κ1) is 16.6. The van der Waals surface area contributed by atoms with E-state index < -0.39 is 9.05 Å². The highest BCUT2D eigenvalue weighted by molar-refractivity contribution is 8.13. The van der Waals surface area contributed by atoms with Crippen molar-refractivity contribution in [3.63, 3.8) is 0 Å². The summed E-state index contributed by atoms with van der Waals surface area (Å²) < 4.78 is 23.1. The van der Waals surface area contributed by atoms with Gasteiger partial charge in [0, 0.05) is 29.3 Å². The number of benzene rings is 1. The van der Waals surface area contributed by atoms with Crippen LogP contribution in [0.15, 0.2) is 17.0 Å². The zero-order valence-corrected chi connectivity index (χ0v) is 14.2. The highest BCUT2D eigenvalue weighted by Crippen LogP contribution is 2.30. The third-order valence-corrected chi connectivity index (χ3v) is 5.84. The van der Waals surface area contributed by atoms with Gasteiger partial charge in [-0.25, -0.2) is 8.42 Å². The first-order valence-electron chi connectivity index (χ1n) is 6.78. The molecular formula is C14H17Cl2NO3S. The van der Waals surface area contributed by atoms with E-state index in [-0.39, 0.29) is 15.8 Å². The van der Waals surface area contributed by atoms with Crippen LogP contribution in [0, 0.1) is 12.8 Å². The van der Waals surface area contributed by atoms with Gasteiger partial charge < -0.3 is 4.90 Å². The summed E-state index contributed by atoms with van der Waals surface area (Å²) in [5.41, 5.74) is 0.834. The van der Waals surface area contributed by atoms with Gasteiger partial charge in [0.25, 0.3) is 15.0 Å². The number of hydrogen-bond acceptors (Lipinski definition) is 3. The standard InChI is InChI=1S/C14H17Cl2NO3S/c1-3-10-4-5-17(8-10)14(18)11-6-9(2)13(15)12(7-11)21(16,19)20/h6-7,10H,3-5,8H2,1-2H3. The number of amides is 1. The van der Waals surface area contributed by atoms with E-state index in [1.165, 1.54) is 6.07 Å². The van der Waals surface area contributed by atoms with E-state index in [4.69, 9.17) is 22.3 Å². The second-order valence-corrected chi connectivity index (χ2v) is 8.27. The first-order chi connectivity index (χ1) is 9.74. The molecule has 1 aromatic carbocycles. The van der Waals surface area contributed by atoms with E-state index in [9.17, 15) is 13.2 Å². The smallest absolute Gasteiger partial charge is 0.262 e. The minimum Gasteiger partial charge on any atom is -0.338 e. The largest absolute Gasteiger partial charge is 0.338 e. The molecule has 1 atom stereocenters. The molecule has 2 rings (SSSR count). The van der Waals surface area contributed by atoms with Crippen LogP contribution in [0.1, 0.15) is 35.7 Å². The summed E-state index contributed by atoms with van der Waals surface area (Å²) in [6, 6.07) is 2.87. The van der Waals surface area contributed by atoms with Crippen molar-refractivity contribution in [2.45, 2.75) is 31.6 Å². The predicted molar refractivity (Wildman–Crippen MR) is 83.5 cm³/mol. The molecule has 1 heterocycles. The molecule has 1 amide bonds. The lowest BCUT2D eigenvalue weighted by molar-refractivity contribution is 0.0786. The van der Waals surface area contributed by atoms with Crippen molar-refractivity contribution >= 4 is 37.2 Å². The molecular weight excluding hydrogens is 333 g/mol. The molecule has 0 radical (unpaired) electrons. The van der Waals surface area contributed by atoms with Crippen molar-refractivity contribution in [1.82, 2.24) is 4.90 Å². The summed E-state index contributed by atoms with van der Waals surface area (Å²) in [6.45, 7) is 5.16. The van der Waals surface area contributed by atoms with Gasteiger partial charge >= 0.3 is 0 Å². The molecule has 0 bridgehead atoms. The van der Waals surface area contributed by atoms with Gasteiger partial charge in [0.15, 0.2) is 0 Å². The fourth-order valence-corrected chi connectivity index (χ4v) is 4.11. The fraction of sp³-hybridized carbons (Fsp3) is 0.500. The molecule has 1 aliphatic rings. The Hall–Kier alpha value is -0.780. The van der Waals surface area contributed by atoms with E-state index in [2.05, 4.69) is 6.92 Å². The number of nitrogens with zero attached hydrogens (tertiary/aromatic N) is 1. The molecule has 116 valence electrons. The molecule has 0 N–H and O–H groups in total. The Labute approximate surface area is 134 Å². The summed E-state index contributed by atoms with van der Waals surface area (Å²) in [4.78, 5) is 14.0. The molecule has 1 aromatic rings. The van der Waals surface area contributed by atoms with Gasteiger partial charge in [-0.05, 0) is 37.0 Å². The minimum absolute atomic E-state index is 0.0643. The Bertz CT molecular complexity index is 673. The van der Waals surface area contributed by atoms with Crippen LogP contribution in [0.25, 0.3) is 0 Å². The van der Waals surface area contributed by atoms with Crippen LogP contribution in [0.4, 0.5) is 0 Å². The van der Waals surface area contributed by atoms with Gasteiger partial charge in [-0.2, -0.15) is 0 Å². The average Bonchev–Trinajstić information content (AvgIpc) is 2.88. The van der Waals surface area contributed by atoms with Crippen molar-refractivity contribution in [3.8, 4) is 0 Å². The monoisotopic (exact) mass is 349 g/mol. The van der Waals surface area contributed by atoms with Crippen molar-refractivity contribution in [2.24, 2.45) is 5.92 Å². The third kappa shape index (κ3) is 3.52. The number of halogens is 2. The zero-order chi connectivity index (χ0) is 15.8. The lowest BCUT2D eigenvalue weighted by atomic mass is 10.1. The van der Waals surface area contributed by atoms with Crippen LogP contribution < -0.4 is 0 Å². The Balaban J connectivity index is 2.37. The third-order valence-electron chi connectivity index (χ3n) is 3.88. The van der Waals surface area contributed by atoms with Gasteiger partial charge in [0.05, 0.1) is 5.02 Å². The maximum atomic E-state index is 12.5. The minimum atomic E-state index is -3.98. The van der Waals surface area contributed by atoms with Crippen LogP contribution in [0.5, 0.6) is 0 Å². The molecule has 1 saturated heterocycles. The van der Waals surface area contributed by atoms with Gasteiger partial charge in [-0.15, -0.1) is 0 Å². The van der Waals surface area contributed by atoms with Gasteiger partial charge in [0.1, 0.15) is 4.90 Å². The van der Waals surface area contributed by atoms with E-state index in [1.807, 2.05) is 0 Å². The molecule has 0 aliphatic carbocycles. The lowest BCUT2D eigenvalue weighted by Gasteiger charge is -2.17. The molecule has 0 saturated carbocycles. The normalized spacial score (nSPS) is 19.0. The predicted octanol–water partition coefficient (Wildman–Crippen LogP) is 3.45. The Kier molecular flexibility index (Phi) is 4.85. The molecule has 4 nitrogen and oxygen atoms in total. The first-order valence-corrected chi connectivity index (χ1v) is 9.46. The van der Waals surface area contributed by atoms with Crippen molar-refractivity contribution in [2.75, 3.05) is 13.1 Å². The van der Waals surface area contributed by atoms with Gasteiger partial charge in [-0.1, -0.05) is 24.9 Å². The Morgan fingerprint density at radius 2 is 2.10 bits per heavy atom. The maximum Gasteiger partial charge on any atom is 0.262 e. The Morgan fingerprint density at radius 1 is 1.43 bits per heavy atom. The molecule has 1 aliphatic heterocycles. The van der Waals surface area contributed by atoms with Crippen LogP contribution in [0.3, 0.4) is 0 Å². The average molecular weight is 350 g/mol. The SMILES string of the molecule is CCC1CCN(C(=O)c2cc(C)c(Cl)c(S(=O)(=O)Cl)c2)C1. The second kappa shape index (κ2) is 6.15. The van der Waals surface area contributed by atoms with Crippen LogP contribution in [0.2, 0.25) is 5.02 Å². The molecule has 0 aromatic heterocycles. The number of aryl methyl sites for hydroxylation is 1. The van der Waals surface area contributed by atoms with Crippen molar-refractivity contribution < 1.29 is 13.2 Å². The number of likely N-dealkylation sites (tertiary alicyclic amines) is 1. The summed E-state index contributed by atoms with van der Waals surface area (Å²) in [7, 11) is 1.40. The van der Waals surface area contributed by atoms with Crippen molar-refractivity contribution in [1.29, 1.82) is 0 Å². The van der Waals surface area contributed by atoms with E-state index in [1.54, 1.807) is 17.9 Å². The molecule has 7 heteroatoms. The topological polar surface area (TPSA) is 54.5 Å². The maximum absolute atomic E-state index is 12.5. The summed E-state index contributed by atoms with van der Waals surface area (Å²) >= 11 is 5.97. The fourth-order valence-electron chi connectivity index (χ4n) is 2.57. The Morgan fingerprint density at radius 3 is 2.62 bits per heavy atom. The molecule has 21 heavy (non-hydrogen) atoms. The number of carbonyl (C=O) groups excluding carboxylic acids is 1. The zero-order valence-electron chi connectivity index (χ0n) is 11.9.